The number of aromatic nitrogens is 3. The van der Waals surface area contributed by atoms with Crippen molar-refractivity contribution >= 4 is 23.2 Å². The average Bonchev–Trinajstić information content (AvgIpc) is 3.15. The number of carboxylic acid groups (broad SMARTS) is 1. The Balaban J connectivity index is 0.000000426. The van der Waals surface area contributed by atoms with Crippen molar-refractivity contribution in [2.24, 2.45) is 11.8 Å². The van der Waals surface area contributed by atoms with Gasteiger partial charge in [0, 0.05) is 24.4 Å². The molecule has 4 heterocycles. The fourth-order valence-corrected chi connectivity index (χ4v) is 4.21. The molecule has 0 radical (unpaired) electrons. The van der Waals surface area contributed by atoms with Gasteiger partial charge in [0.15, 0.2) is 0 Å². The lowest BCUT2D eigenvalue weighted by atomic mass is 10.2. The predicted octanol–water partition coefficient (Wildman–Crippen LogP) is 4.70. The minimum absolute atomic E-state index is 0.0921. The quantitative estimate of drug-likeness (QED) is 0.434. The Morgan fingerprint density at radius 1 is 1.16 bits per heavy atom. The second kappa shape index (κ2) is 10.5. The van der Waals surface area contributed by atoms with Gasteiger partial charge in [-0.1, -0.05) is 6.07 Å². The molecule has 2 N–H and O–H groups in total. The number of carbonyl (C=O) groups excluding carboxylic acids is 1. The standard InChI is InChI=1S/C22H22F2N4O3.C2HF3O2/c1-11(2)31-18-6-19-26-17(20-12-9-30-10-13(12)20)8-28(19)7-16(18)27-22(29)15-5-3-4-14(25-15)21(23)24;3-2(4,5)1(6)7/h3-8,11-13,20-21H,9-10H2,1-2H3,(H,27,29);(H,6,7). The number of fused-ring (bicyclic) bond motifs is 2. The summed E-state index contributed by atoms with van der Waals surface area (Å²) in [5.74, 6) is -1.43. The Morgan fingerprint density at radius 3 is 2.39 bits per heavy atom. The number of anilines is 1. The molecule has 0 spiro atoms. The highest BCUT2D eigenvalue weighted by atomic mass is 19.4. The number of nitrogens with zero attached hydrogens (tertiary/aromatic N) is 3. The van der Waals surface area contributed by atoms with Gasteiger partial charge in [-0.25, -0.2) is 23.5 Å². The second-order valence-corrected chi connectivity index (χ2v) is 9.05. The lowest BCUT2D eigenvalue weighted by Gasteiger charge is -2.15. The van der Waals surface area contributed by atoms with E-state index in [4.69, 9.17) is 24.4 Å². The number of amides is 1. The third-order valence-electron chi connectivity index (χ3n) is 5.95. The summed E-state index contributed by atoms with van der Waals surface area (Å²) < 4.78 is 70.8. The van der Waals surface area contributed by atoms with Crippen LogP contribution in [-0.4, -0.2) is 56.8 Å². The number of hydrogen-bond acceptors (Lipinski definition) is 6. The van der Waals surface area contributed by atoms with Crippen molar-refractivity contribution in [3.63, 3.8) is 0 Å². The second-order valence-electron chi connectivity index (χ2n) is 9.05. The maximum absolute atomic E-state index is 12.9. The van der Waals surface area contributed by atoms with E-state index in [1.807, 2.05) is 24.4 Å². The molecule has 2 fully saturated rings. The van der Waals surface area contributed by atoms with E-state index in [1.165, 1.54) is 18.2 Å². The maximum Gasteiger partial charge on any atom is 0.490 e. The fourth-order valence-electron chi connectivity index (χ4n) is 4.21. The van der Waals surface area contributed by atoms with Gasteiger partial charge in [-0.2, -0.15) is 13.2 Å². The van der Waals surface area contributed by atoms with E-state index in [0.717, 1.165) is 18.9 Å². The van der Waals surface area contributed by atoms with Gasteiger partial charge in [0.05, 0.1) is 25.0 Å². The van der Waals surface area contributed by atoms with Crippen LogP contribution in [0.4, 0.5) is 27.6 Å². The molecule has 1 saturated heterocycles. The number of hydrogen-bond donors (Lipinski definition) is 2. The van der Waals surface area contributed by atoms with Crippen LogP contribution in [0.3, 0.4) is 0 Å². The number of imidazole rings is 1. The minimum atomic E-state index is -5.08. The molecular formula is C24H23F5N4O5. The van der Waals surface area contributed by atoms with E-state index >= 15 is 0 Å². The van der Waals surface area contributed by atoms with Gasteiger partial charge < -0.3 is 24.3 Å². The molecule has 9 nitrogen and oxygen atoms in total. The lowest BCUT2D eigenvalue weighted by molar-refractivity contribution is -0.192. The predicted molar refractivity (Wildman–Crippen MR) is 122 cm³/mol. The third-order valence-corrected chi connectivity index (χ3v) is 5.95. The van der Waals surface area contributed by atoms with Crippen molar-refractivity contribution in [1.82, 2.24) is 14.4 Å². The summed E-state index contributed by atoms with van der Waals surface area (Å²) in [6, 6.07) is 5.74. The highest BCUT2D eigenvalue weighted by Gasteiger charge is 2.55. The van der Waals surface area contributed by atoms with Gasteiger partial charge >= 0.3 is 12.1 Å². The van der Waals surface area contributed by atoms with E-state index in [0.29, 0.717) is 34.8 Å². The molecule has 1 amide bonds. The fraction of sp³-hybridized carbons (Fsp3) is 0.417. The zero-order chi connectivity index (χ0) is 27.8. The molecule has 14 heteroatoms. The van der Waals surface area contributed by atoms with Crippen molar-refractivity contribution in [3.05, 3.63) is 53.7 Å². The van der Waals surface area contributed by atoms with Crippen LogP contribution < -0.4 is 10.1 Å². The molecule has 3 aromatic heterocycles. The number of ether oxygens (including phenoxy) is 2. The Morgan fingerprint density at radius 2 is 1.82 bits per heavy atom. The first-order valence-corrected chi connectivity index (χ1v) is 11.5. The van der Waals surface area contributed by atoms with Crippen molar-refractivity contribution in [2.75, 3.05) is 18.5 Å². The zero-order valence-electron chi connectivity index (χ0n) is 20.1. The van der Waals surface area contributed by atoms with Crippen LogP contribution in [0, 0.1) is 11.8 Å². The number of aliphatic carboxylic acids is 1. The van der Waals surface area contributed by atoms with Crippen LogP contribution in [0.15, 0.2) is 36.7 Å². The Hall–Kier alpha value is -3.81. The highest BCUT2D eigenvalue weighted by molar-refractivity contribution is 6.03. The lowest BCUT2D eigenvalue weighted by Crippen LogP contribution is -2.21. The minimum Gasteiger partial charge on any atom is -0.489 e. The molecule has 1 saturated carbocycles. The molecular weight excluding hydrogens is 519 g/mol. The van der Waals surface area contributed by atoms with Gasteiger partial charge in [-0.05, 0) is 37.8 Å². The summed E-state index contributed by atoms with van der Waals surface area (Å²) in [5, 5.41) is 9.87. The first-order chi connectivity index (χ1) is 17.8. The van der Waals surface area contributed by atoms with E-state index < -0.39 is 30.2 Å². The van der Waals surface area contributed by atoms with Gasteiger partial charge in [0.25, 0.3) is 12.3 Å². The Labute approximate surface area is 212 Å². The number of alkyl halides is 5. The van der Waals surface area contributed by atoms with E-state index in [2.05, 4.69) is 10.3 Å². The van der Waals surface area contributed by atoms with Gasteiger partial charge in [0.2, 0.25) is 0 Å². The molecule has 38 heavy (non-hydrogen) atoms. The van der Waals surface area contributed by atoms with Crippen molar-refractivity contribution in [2.45, 2.75) is 38.5 Å². The normalized spacial score (nSPS) is 20.2. The smallest absolute Gasteiger partial charge is 0.489 e. The first kappa shape index (κ1) is 27.2. The number of carbonyl (C=O) groups is 2. The van der Waals surface area contributed by atoms with E-state index in [1.54, 1.807) is 12.3 Å². The van der Waals surface area contributed by atoms with Crippen LogP contribution in [0.2, 0.25) is 0 Å². The summed E-state index contributed by atoms with van der Waals surface area (Å²) in [4.78, 5) is 30.1. The maximum atomic E-state index is 12.9. The topological polar surface area (TPSA) is 115 Å². The molecule has 1 aliphatic heterocycles. The van der Waals surface area contributed by atoms with E-state index in [9.17, 15) is 26.7 Å². The molecule has 2 atom stereocenters. The summed E-state index contributed by atoms with van der Waals surface area (Å²) in [5.41, 5.74) is 1.60. The van der Waals surface area contributed by atoms with Gasteiger partial charge in [0.1, 0.15) is 28.5 Å². The summed E-state index contributed by atoms with van der Waals surface area (Å²) in [6.45, 7) is 5.31. The summed E-state index contributed by atoms with van der Waals surface area (Å²) >= 11 is 0. The average molecular weight is 542 g/mol. The number of halogens is 5. The Bertz CT molecular complexity index is 1330. The number of pyridine rings is 2. The molecule has 2 unspecified atom stereocenters. The molecule has 5 rings (SSSR count). The summed E-state index contributed by atoms with van der Waals surface area (Å²) in [6.07, 6.45) is -4.27. The largest absolute Gasteiger partial charge is 0.490 e. The van der Waals surface area contributed by atoms with Gasteiger partial charge in [-0.15, -0.1) is 0 Å². The van der Waals surface area contributed by atoms with Crippen LogP contribution >= 0.6 is 0 Å². The molecule has 3 aromatic rings. The van der Waals surface area contributed by atoms with Crippen LogP contribution in [0.25, 0.3) is 5.65 Å². The first-order valence-electron chi connectivity index (χ1n) is 11.5. The molecule has 204 valence electrons. The molecule has 0 aromatic carbocycles. The third kappa shape index (κ3) is 6.01. The molecule has 0 bridgehead atoms. The molecule has 2 aliphatic rings. The zero-order valence-corrected chi connectivity index (χ0v) is 20.1. The van der Waals surface area contributed by atoms with Crippen molar-refractivity contribution < 1.29 is 46.1 Å². The number of rotatable bonds is 6. The SMILES string of the molecule is CC(C)Oc1cc2nc(C3C4COCC43)cn2cc1NC(=O)c1cccc(C(F)F)n1.O=C(O)C(F)(F)F. The van der Waals surface area contributed by atoms with Crippen molar-refractivity contribution in [1.29, 1.82) is 0 Å². The highest BCUT2D eigenvalue weighted by Crippen LogP contribution is 2.57. The van der Waals surface area contributed by atoms with Crippen molar-refractivity contribution in [3.8, 4) is 5.75 Å². The van der Waals surface area contributed by atoms with Gasteiger partial charge in [-0.3, -0.25) is 4.79 Å². The van der Waals surface area contributed by atoms with Crippen LogP contribution in [0.1, 0.15) is 48.1 Å². The Kier molecular flexibility index (Phi) is 7.54. The molecule has 1 aliphatic carbocycles. The van der Waals surface area contributed by atoms with Crippen LogP contribution in [0.5, 0.6) is 5.75 Å². The number of carboxylic acids is 1. The summed E-state index contributed by atoms with van der Waals surface area (Å²) in [7, 11) is 0. The van der Waals surface area contributed by atoms with E-state index in [-0.39, 0.29) is 11.8 Å². The monoisotopic (exact) mass is 542 g/mol. The number of nitrogens with one attached hydrogen (secondary N) is 1. The van der Waals surface area contributed by atoms with Crippen LogP contribution in [-0.2, 0) is 9.53 Å².